The first-order chi connectivity index (χ1) is 13.5. The van der Waals surface area contributed by atoms with E-state index in [1.807, 2.05) is 0 Å². The highest BCUT2D eigenvalue weighted by Gasteiger charge is 2.31. The van der Waals surface area contributed by atoms with Crippen LogP contribution in [0.2, 0.25) is 0 Å². The van der Waals surface area contributed by atoms with E-state index in [4.69, 9.17) is 9.84 Å². The van der Waals surface area contributed by atoms with Crippen molar-refractivity contribution in [3.8, 4) is 0 Å². The first-order valence-corrected chi connectivity index (χ1v) is 10.9. The Morgan fingerprint density at radius 2 is 2.00 bits per heavy atom. The monoisotopic (exact) mass is 389 g/mol. The van der Waals surface area contributed by atoms with Crippen molar-refractivity contribution in [1.29, 1.82) is 0 Å². The molecule has 2 aliphatic heterocycles. The number of carbonyl (C=O) groups excluding carboxylic acids is 1. The topological polar surface area (TPSA) is 62.6 Å². The lowest BCUT2D eigenvalue weighted by Crippen LogP contribution is -2.55. The summed E-state index contributed by atoms with van der Waals surface area (Å²) in [6.07, 6.45) is 4.38. The summed E-state index contributed by atoms with van der Waals surface area (Å²) in [6.45, 7) is 13.0. The van der Waals surface area contributed by atoms with Crippen LogP contribution in [0.25, 0.3) is 0 Å². The van der Waals surface area contributed by atoms with Crippen LogP contribution in [0.15, 0.2) is 6.07 Å². The van der Waals surface area contributed by atoms with Gasteiger partial charge in [0.1, 0.15) is 0 Å². The second-order valence-corrected chi connectivity index (χ2v) is 9.17. The van der Waals surface area contributed by atoms with Crippen LogP contribution in [0, 0.1) is 5.92 Å². The van der Waals surface area contributed by atoms with E-state index in [9.17, 15) is 4.79 Å². The van der Waals surface area contributed by atoms with Crippen molar-refractivity contribution >= 4 is 5.91 Å². The molecule has 1 aromatic rings. The zero-order chi connectivity index (χ0) is 19.6. The molecule has 156 valence electrons. The lowest BCUT2D eigenvalue weighted by atomic mass is 9.85. The van der Waals surface area contributed by atoms with E-state index < -0.39 is 0 Å². The maximum Gasteiger partial charge on any atom is 0.223 e. The van der Waals surface area contributed by atoms with E-state index in [0.717, 1.165) is 77.4 Å². The first kappa shape index (κ1) is 19.9. The van der Waals surface area contributed by atoms with Crippen molar-refractivity contribution in [2.24, 2.45) is 5.92 Å². The number of aromatic nitrogens is 2. The number of carbonyl (C=O) groups is 1. The first-order valence-electron chi connectivity index (χ1n) is 10.9. The molecule has 3 aliphatic rings. The molecule has 1 saturated carbocycles. The molecule has 7 heteroatoms. The Balaban J connectivity index is 1.34. The number of amides is 1. The molecule has 0 spiro atoms. The SMILES string of the molecule is CC(C)(CN1CCCn2nc(CNC(=O)C3CCC3)cc2C1)N1CCOCC1. The van der Waals surface area contributed by atoms with Gasteiger partial charge in [-0.05, 0) is 39.2 Å². The number of ether oxygens (including phenoxy) is 1. The predicted molar refractivity (Wildman–Crippen MR) is 108 cm³/mol. The number of hydrogen-bond acceptors (Lipinski definition) is 5. The van der Waals surface area contributed by atoms with Crippen molar-refractivity contribution < 1.29 is 9.53 Å². The maximum absolute atomic E-state index is 12.1. The molecule has 4 rings (SSSR count). The van der Waals surface area contributed by atoms with Gasteiger partial charge in [-0.15, -0.1) is 0 Å². The van der Waals surface area contributed by atoms with Gasteiger partial charge in [-0.3, -0.25) is 19.3 Å². The standard InChI is InChI=1S/C21H35N5O2/c1-21(2,25-9-11-28-12-10-25)16-24-7-4-8-26-19(15-24)13-18(23-26)14-22-20(27)17-5-3-6-17/h13,17H,3-12,14-16H2,1-2H3,(H,22,27). The summed E-state index contributed by atoms with van der Waals surface area (Å²) in [5, 5.41) is 7.83. The molecule has 1 aliphatic carbocycles. The van der Waals surface area contributed by atoms with Crippen LogP contribution in [0.4, 0.5) is 0 Å². The van der Waals surface area contributed by atoms with Crippen LogP contribution >= 0.6 is 0 Å². The van der Waals surface area contributed by atoms with E-state index in [2.05, 4.69) is 39.7 Å². The van der Waals surface area contributed by atoms with Gasteiger partial charge < -0.3 is 10.1 Å². The maximum atomic E-state index is 12.1. The smallest absolute Gasteiger partial charge is 0.223 e. The summed E-state index contributed by atoms with van der Waals surface area (Å²) in [5.74, 6) is 0.432. The van der Waals surface area contributed by atoms with Gasteiger partial charge in [-0.1, -0.05) is 6.42 Å². The highest BCUT2D eigenvalue weighted by molar-refractivity contribution is 5.79. The van der Waals surface area contributed by atoms with Crippen LogP contribution in [-0.4, -0.2) is 70.4 Å². The van der Waals surface area contributed by atoms with Gasteiger partial charge in [0.25, 0.3) is 0 Å². The molecule has 1 aromatic heterocycles. The molecule has 7 nitrogen and oxygen atoms in total. The number of morpholine rings is 1. The molecule has 1 saturated heterocycles. The normalized spacial score (nSPS) is 22.4. The molecule has 28 heavy (non-hydrogen) atoms. The fraction of sp³-hybridized carbons (Fsp3) is 0.810. The summed E-state index contributed by atoms with van der Waals surface area (Å²) in [5.41, 5.74) is 2.39. The Morgan fingerprint density at radius 3 is 2.71 bits per heavy atom. The molecule has 0 bridgehead atoms. The number of aryl methyl sites for hydroxylation is 1. The Kier molecular flexibility index (Phi) is 6.04. The minimum Gasteiger partial charge on any atom is -0.379 e. The van der Waals surface area contributed by atoms with Gasteiger partial charge in [-0.25, -0.2) is 0 Å². The van der Waals surface area contributed by atoms with E-state index >= 15 is 0 Å². The minimum atomic E-state index is 0.137. The van der Waals surface area contributed by atoms with Gasteiger partial charge >= 0.3 is 0 Å². The summed E-state index contributed by atoms with van der Waals surface area (Å²) in [7, 11) is 0. The predicted octanol–water partition coefficient (Wildman–Crippen LogP) is 1.62. The molecule has 1 amide bonds. The number of nitrogens with zero attached hydrogens (tertiary/aromatic N) is 4. The molecular formula is C21H35N5O2. The molecule has 2 fully saturated rings. The van der Waals surface area contributed by atoms with Gasteiger partial charge in [-0.2, -0.15) is 5.10 Å². The van der Waals surface area contributed by atoms with Crippen molar-refractivity contribution in [3.63, 3.8) is 0 Å². The third-order valence-electron chi connectivity index (χ3n) is 6.54. The molecule has 0 aromatic carbocycles. The van der Waals surface area contributed by atoms with Crippen molar-refractivity contribution in [2.75, 3.05) is 39.4 Å². The summed E-state index contributed by atoms with van der Waals surface area (Å²) in [6, 6.07) is 2.18. The molecule has 0 radical (unpaired) electrons. The van der Waals surface area contributed by atoms with Gasteiger partial charge in [0.2, 0.25) is 5.91 Å². The van der Waals surface area contributed by atoms with Crippen molar-refractivity contribution in [2.45, 2.75) is 64.7 Å². The van der Waals surface area contributed by atoms with Gasteiger partial charge in [0, 0.05) is 50.7 Å². The molecule has 0 unspecified atom stereocenters. The lowest BCUT2D eigenvalue weighted by Gasteiger charge is -2.43. The number of fused-ring (bicyclic) bond motifs is 1. The summed E-state index contributed by atoms with van der Waals surface area (Å²) >= 11 is 0. The number of nitrogens with one attached hydrogen (secondary N) is 1. The van der Waals surface area contributed by atoms with E-state index in [0.29, 0.717) is 6.54 Å². The van der Waals surface area contributed by atoms with E-state index in [-0.39, 0.29) is 17.4 Å². The fourth-order valence-electron chi connectivity index (χ4n) is 4.62. The fourth-order valence-corrected chi connectivity index (χ4v) is 4.62. The second-order valence-electron chi connectivity index (χ2n) is 9.17. The average molecular weight is 390 g/mol. The van der Waals surface area contributed by atoms with Crippen LogP contribution in [-0.2, 0) is 29.2 Å². The minimum absolute atomic E-state index is 0.137. The van der Waals surface area contributed by atoms with Crippen LogP contribution in [0.1, 0.15) is 50.9 Å². The Bertz CT molecular complexity index is 676. The lowest BCUT2D eigenvalue weighted by molar-refractivity contribution is -0.127. The molecular weight excluding hydrogens is 354 g/mol. The third kappa shape index (κ3) is 4.58. The van der Waals surface area contributed by atoms with Crippen LogP contribution in [0.3, 0.4) is 0 Å². The second kappa shape index (κ2) is 8.51. The average Bonchev–Trinajstić information content (AvgIpc) is 2.91. The Hall–Kier alpha value is -1.44. The van der Waals surface area contributed by atoms with E-state index in [1.165, 1.54) is 12.1 Å². The summed E-state index contributed by atoms with van der Waals surface area (Å²) < 4.78 is 7.67. The zero-order valence-corrected chi connectivity index (χ0v) is 17.5. The molecule has 0 atom stereocenters. The highest BCUT2D eigenvalue weighted by Crippen LogP contribution is 2.26. The third-order valence-corrected chi connectivity index (χ3v) is 6.54. The number of rotatable bonds is 6. The van der Waals surface area contributed by atoms with Gasteiger partial charge in [0.05, 0.1) is 31.1 Å². The Labute approximate surface area is 168 Å². The van der Waals surface area contributed by atoms with E-state index in [1.54, 1.807) is 0 Å². The highest BCUT2D eigenvalue weighted by atomic mass is 16.5. The quantitative estimate of drug-likeness (QED) is 0.801. The summed E-state index contributed by atoms with van der Waals surface area (Å²) in [4.78, 5) is 17.2. The van der Waals surface area contributed by atoms with Crippen LogP contribution < -0.4 is 5.32 Å². The molecule has 1 N–H and O–H groups in total. The van der Waals surface area contributed by atoms with Crippen LogP contribution in [0.5, 0.6) is 0 Å². The largest absolute Gasteiger partial charge is 0.379 e. The van der Waals surface area contributed by atoms with Crippen molar-refractivity contribution in [3.05, 3.63) is 17.5 Å². The molecule has 3 heterocycles. The number of hydrogen-bond donors (Lipinski definition) is 1. The Morgan fingerprint density at radius 1 is 1.21 bits per heavy atom. The zero-order valence-electron chi connectivity index (χ0n) is 17.5. The van der Waals surface area contributed by atoms with Gasteiger partial charge in [0.15, 0.2) is 0 Å². The van der Waals surface area contributed by atoms with Crippen molar-refractivity contribution in [1.82, 2.24) is 24.9 Å².